The van der Waals surface area contributed by atoms with E-state index in [0.29, 0.717) is 18.4 Å². The molecular weight excluding hydrogens is 300 g/mol. The van der Waals surface area contributed by atoms with Gasteiger partial charge in [-0.2, -0.15) is 0 Å². The molecule has 4 rings (SSSR count). The number of aromatic nitrogens is 2. The minimum Gasteiger partial charge on any atom is -0.484 e. The smallest absolute Gasteiger partial charge is 0.254 e. The summed E-state index contributed by atoms with van der Waals surface area (Å²) in [4.78, 5) is 0. The van der Waals surface area contributed by atoms with Crippen LogP contribution < -0.4 is 4.74 Å². The molecule has 0 atom stereocenters. The predicted molar refractivity (Wildman–Crippen MR) is 91.9 cm³/mol. The van der Waals surface area contributed by atoms with Gasteiger partial charge in [-0.15, -0.1) is 10.2 Å². The third-order valence-corrected chi connectivity index (χ3v) is 4.55. The lowest BCUT2D eigenvalue weighted by Gasteiger charge is -2.18. The minimum atomic E-state index is 0.301. The first-order valence-electron chi connectivity index (χ1n) is 8.43. The summed E-state index contributed by atoms with van der Waals surface area (Å²) < 4.78 is 11.7. The Labute approximate surface area is 141 Å². The number of aryl methyl sites for hydroxylation is 2. The van der Waals surface area contributed by atoms with Gasteiger partial charge in [0.15, 0.2) is 6.61 Å². The molecule has 0 N–H and O–H groups in total. The normalized spacial score (nSPS) is 13.5. The molecule has 0 amide bonds. The second kappa shape index (κ2) is 6.48. The van der Waals surface area contributed by atoms with Crippen molar-refractivity contribution in [3.8, 4) is 17.2 Å². The van der Waals surface area contributed by atoms with E-state index < -0.39 is 0 Å². The van der Waals surface area contributed by atoms with E-state index in [1.54, 1.807) is 0 Å². The summed E-state index contributed by atoms with van der Waals surface area (Å²) in [6.07, 6.45) is 4.72. The number of rotatable bonds is 4. The van der Waals surface area contributed by atoms with E-state index in [0.717, 1.165) is 29.7 Å². The highest BCUT2D eigenvalue weighted by Crippen LogP contribution is 2.30. The summed E-state index contributed by atoms with van der Waals surface area (Å²) in [5.74, 6) is 1.99. The Bertz CT molecular complexity index is 854. The van der Waals surface area contributed by atoms with Gasteiger partial charge >= 0.3 is 0 Å². The Morgan fingerprint density at radius 3 is 2.79 bits per heavy atom. The number of fused-ring (bicyclic) bond motifs is 1. The van der Waals surface area contributed by atoms with Gasteiger partial charge in [0.05, 0.1) is 0 Å². The van der Waals surface area contributed by atoms with E-state index >= 15 is 0 Å². The van der Waals surface area contributed by atoms with Crippen molar-refractivity contribution >= 4 is 0 Å². The van der Waals surface area contributed by atoms with Crippen molar-refractivity contribution in [1.29, 1.82) is 0 Å². The van der Waals surface area contributed by atoms with Crippen molar-refractivity contribution in [3.05, 3.63) is 65.0 Å². The molecule has 0 fully saturated rings. The fraction of sp³-hybridized carbons (Fsp3) is 0.300. The van der Waals surface area contributed by atoms with Crippen molar-refractivity contribution in [1.82, 2.24) is 10.2 Å². The van der Waals surface area contributed by atoms with Crippen LogP contribution in [0.25, 0.3) is 11.5 Å². The maximum absolute atomic E-state index is 5.97. The molecule has 3 aromatic rings. The van der Waals surface area contributed by atoms with Gasteiger partial charge < -0.3 is 9.15 Å². The SMILES string of the molecule is Cc1ccccc1-c1nnc(COc2cccc3c2CCCC3)o1. The average Bonchev–Trinajstić information content (AvgIpc) is 3.09. The quantitative estimate of drug-likeness (QED) is 0.710. The van der Waals surface area contributed by atoms with Crippen molar-refractivity contribution in [2.75, 3.05) is 0 Å². The maximum atomic E-state index is 5.97. The molecule has 122 valence electrons. The molecule has 0 bridgehead atoms. The monoisotopic (exact) mass is 320 g/mol. The molecule has 0 radical (unpaired) electrons. The average molecular weight is 320 g/mol. The van der Waals surface area contributed by atoms with Crippen LogP contribution in [0.3, 0.4) is 0 Å². The number of benzene rings is 2. The molecule has 1 aliphatic carbocycles. The van der Waals surface area contributed by atoms with Crippen molar-refractivity contribution in [2.45, 2.75) is 39.2 Å². The lowest BCUT2D eigenvalue weighted by Crippen LogP contribution is -2.06. The first-order valence-corrected chi connectivity index (χ1v) is 8.43. The van der Waals surface area contributed by atoms with E-state index in [1.165, 1.54) is 24.0 Å². The number of nitrogens with zero attached hydrogens (tertiary/aromatic N) is 2. The van der Waals surface area contributed by atoms with Crippen LogP contribution in [0.15, 0.2) is 46.9 Å². The van der Waals surface area contributed by atoms with Crippen LogP contribution in [0, 0.1) is 6.92 Å². The van der Waals surface area contributed by atoms with Crippen LogP contribution in [0.1, 0.15) is 35.4 Å². The molecule has 0 unspecified atom stereocenters. The van der Waals surface area contributed by atoms with E-state index in [9.17, 15) is 0 Å². The molecule has 4 heteroatoms. The van der Waals surface area contributed by atoms with Gasteiger partial charge in [0.2, 0.25) is 5.89 Å². The van der Waals surface area contributed by atoms with Crippen molar-refractivity contribution in [3.63, 3.8) is 0 Å². The Morgan fingerprint density at radius 2 is 1.88 bits per heavy atom. The molecule has 0 spiro atoms. The molecule has 24 heavy (non-hydrogen) atoms. The molecular formula is C20H20N2O2. The molecule has 4 nitrogen and oxygen atoms in total. The highest BCUT2D eigenvalue weighted by molar-refractivity contribution is 5.57. The van der Waals surface area contributed by atoms with Gasteiger partial charge in [-0.3, -0.25) is 0 Å². The highest BCUT2D eigenvalue weighted by atomic mass is 16.5. The van der Waals surface area contributed by atoms with Gasteiger partial charge in [-0.25, -0.2) is 0 Å². The summed E-state index contributed by atoms with van der Waals surface area (Å²) in [6, 6.07) is 14.3. The first kappa shape index (κ1) is 14.9. The number of hydrogen-bond donors (Lipinski definition) is 0. The van der Waals surface area contributed by atoms with Gasteiger partial charge in [0.1, 0.15) is 5.75 Å². The largest absolute Gasteiger partial charge is 0.484 e. The molecule has 0 saturated heterocycles. The Balaban J connectivity index is 1.51. The molecule has 1 heterocycles. The van der Waals surface area contributed by atoms with Crippen LogP contribution in [0.4, 0.5) is 0 Å². The summed E-state index contributed by atoms with van der Waals surface area (Å²) in [6.45, 7) is 2.33. The third-order valence-electron chi connectivity index (χ3n) is 4.55. The Hall–Kier alpha value is -2.62. The van der Waals surface area contributed by atoms with Crippen LogP contribution in [0.5, 0.6) is 5.75 Å². The summed E-state index contributed by atoms with van der Waals surface area (Å²) in [5.41, 5.74) is 4.83. The Morgan fingerprint density at radius 1 is 1.00 bits per heavy atom. The van der Waals surface area contributed by atoms with E-state index in [4.69, 9.17) is 9.15 Å². The molecule has 1 aromatic heterocycles. The zero-order valence-electron chi connectivity index (χ0n) is 13.8. The molecule has 1 aliphatic rings. The third kappa shape index (κ3) is 2.92. The predicted octanol–water partition coefficient (Wildman–Crippen LogP) is 4.50. The highest BCUT2D eigenvalue weighted by Gasteiger charge is 2.15. The number of hydrogen-bond acceptors (Lipinski definition) is 4. The van der Waals surface area contributed by atoms with Gasteiger partial charge in [0, 0.05) is 5.56 Å². The van der Waals surface area contributed by atoms with Gasteiger partial charge in [-0.1, -0.05) is 30.3 Å². The Kier molecular flexibility index (Phi) is 4.03. The van der Waals surface area contributed by atoms with Crippen LogP contribution in [-0.2, 0) is 19.4 Å². The summed E-state index contributed by atoms with van der Waals surface area (Å²) in [5, 5.41) is 8.27. The van der Waals surface area contributed by atoms with Crippen molar-refractivity contribution in [2.24, 2.45) is 0 Å². The fourth-order valence-electron chi connectivity index (χ4n) is 3.25. The van der Waals surface area contributed by atoms with Crippen LogP contribution in [0.2, 0.25) is 0 Å². The summed E-state index contributed by atoms with van der Waals surface area (Å²) >= 11 is 0. The van der Waals surface area contributed by atoms with Crippen LogP contribution in [-0.4, -0.2) is 10.2 Å². The van der Waals surface area contributed by atoms with E-state index in [2.05, 4.69) is 22.3 Å². The van der Waals surface area contributed by atoms with Gasteiger partial charge in [0.25, 0.3) is 5.89 Å². The van der Waals surface area contributed by atoms with Gasteiger partial charge in [-0.05, 0) is 61.4 Å². The first-order chi connectivity index (χ1) is 11.8. The minimum absolute atomic E-state index is 0.301. The van der Waals surface area contributed by atoms with Crippen LogP contribution >= 0.6 is 0 Å². The lowest BCUT2D eigenvalue weighted by atomic mass is 9.91. The lowest BCUT2D eigenvalue weighted by molar-refractivity contribution is 0.261. The second-order valence-corrected chi connectivity index (χ2v) is 6.21. The molecule has 0 aliphatic heterocycles. The van der Waals surface area contributed by atoms with E-state index in [-0.39, 0.29) is 0 Å². The van der Waals surface area contributed by atoms with Crippen molar-refractivity contribution < 1.29 is 9.15 Å². The standard InChI is InChI=1S/C20H20N2O2/c1-14-7-2-4-10-16(14)20-22-21-19(24-20)13-23-18-12-6-9-15-8-3-5-11-17(15)18/h2,4,6-7,9-10,12H,3,5,8,11,13H2,1H3. The second-order valence-electron chi connectivity index (χ2n) is 6.21. The topological polar surface area (TPSA) is 48.2 Å². The zero-order chi connectivity index (χ0) is 16.4. The molecule has 2 aromatic carbocycles. The number of ether oxygens (including phenoxy) is 1. The molecule has 0 saturated carbocycles. The fourth-order valence-corrected chi connectivity index (χ4v) is 3.25. The maximum Gasteiger partial charge on any atom is 0.254 e. The summed E-state index contributed by atoms with van der Waals surface area (Å²) in [7, 11) is 0. The zero-order valence-corrected chi connectivity index (χ0v) is 13.8. The van der Waals surface area contributed by atoms with E-state index in [1.807, 2.05) is 37.3 Å².